The van der Waals surface area contributed by atoms with Gasteiger partial charge in [-0.3, -0.25) is 0 Å². The molecule has 0 spiro atoms. The average Bonchev–Trinajstić information content (AvgIpc) is 2.42. The van der Waals surface area contributed by atoms with Gasteiger partial charge in [0.2, 0.25) is 0 Å². The van der Waals surface area contributed by atoms with E-state index in [9.17, 15) is 0 Å². The molecule has 0 amide bonds. The number of halogens is 1. The highest BCUT2D eigenvalue weighted by Gasteiger charge is 2.14. The first-order valence-electron chi connectivity index (χ1n) is 6.07. The number of hydrogen-bond donors (Lipinski definition) is 2. The van der Waals surface area contributed by atoms with E-state index in [4.69, 9.17) is 26.9 Å². The fourth-order valence-corrected chi connectivity index (χ4v) is 2.06. The minimum Gasteiger partial charge on any atom is -0.381 e. The Hall–Kier alpha value is -0.880. The zero-order valence-corrected chi connectivity index (χ0v) is 10.9. The number of pyridine rings is 1. The van der Waals surface area contributed by atoms with Crippen molar-refractivity contribution in [1.82, 2.24) is 4.98 Å². The Labute approximate surface area is 112 Å². The molecule has 5 nitrogen and oxygen atoms in total. The first kappa shape index (κ1) is 13.5. The molecule has 1 aromatic rings. The zero-order valence-electron chi connectivity index (χ0n) is 10.2. The molecular weight excluding hydrogens is 254 g/mol. The number of nitrogens with zero attached hydrogens (tertiary/aromatic N) is 1. The Bertz CT molecular complexity index is 384. The first-order chi connectivity index (χ1) is 8.79. The monoisotopic (exact) mass is 271 g/mol. The molecular formula is C12H18ClN3O2. The Morgan fingerprint density at radius 2 is 2.22 bits per heavy atom. The summed E-state index contributed by atoms with van der Waals surface area (Å²) < 4.78 is 11.0. The van der Waals surface area contributed by atoms with Crippen molar-refractivity contribution in [3.63, 3.8) is 0 Å². The highest BCUT2D eigenvalue weighted by molar-refractivity contribution is 6.31. The van der Waals surface area contributed by atoms with E-state index >= 15 is 0 Å². The van der Waals surface area contributed by atoms with Crippen molar-refractivity contribution in [3.05, 3.63) is 22.8 Å². The van der Waals surface area contributed by atoms with Gasteiger partial charge in [0, 0.05) is 13.2 Å². The summed E-state index contributed by atoms with van der Waals surface area (Å²) >= 11 is 6.04. The van der Waals surface area contributed by atoms with Crippen LogP contribution >= 0.6 is 11.6 Å². The molecule has 3 N–H and O–H groups in total. The maximum absolute atomic E-state index is 6.04. The number of hydrazine groups is 1. The van der Waals surface area contributed by atoms with Gasteiger partial charge < -0.3 is 14.9 Å². The first-order valence-corrected chi connectivity index (χ1v) is 6.45. The van der Waals surface area contributed by atoms with Crippen LogP contribution < -0.4 is 11.3 Å². The quantitative estimate of drug-likeness (QED) is 0.633. The third kappa shape index (κ3) is 3.81. The van der Waals surface area contributed by atoms with Crippen molar-refractivity contribution in [3.8, 4) is 0 Å². The second-order valence-electron chi connectivity index (χ2n) is 4.34. The molecule has 2 rings (SSSR count). The molecule has 6 heteroatoms. The smallest absolute Gasteiger partial charge is 0.140 e. The van der Waals surface area contributed by atoms with Gasteiger partial charge in [0.05, 0.1) is 23.9 Å². The largest absolute Gasteiger partial charge is 0.381 e. The van der Waals surface area contributed by atoms with Gasteiger partial charge in [-0.05, 0) is 30.9 Å². The highest BCUT2D eigenvalue weighted by atomic mass is 35.5. The average molecular weight is 272 g/mol. The summed E-state index contributed by atoms with van der Waals surface area (Å²) in [5, 5.41) is 0.598. The Kier molecular flexibility index (Phi) is 5.19. The predicted molar refractivity (Wildman–Crippen MR) is 70.3 cm³/mol. The Morgan fingerprint density at radius 3 is 2.94 bits per heavy atom. The molecule has 1 aliphatic rings. The van der Waals surface area contributed by atoms with Gasteiger partial charge in [-0.1, -0.05) is 11.6 Å². The molecule has 18 heavy (non-hydrogen) atoms. The van der Waals surface area contributed by atoms with Gasteiger partial charge in [-0.25, -0.2) is 10.8 Å². The number of nitrogen functional groups attached to an aromatic ring is 1. The van der Waals surface area contributed by atoms with Crippen LogP contribution in [0.5, 0.6) is 0 Å². The van der Waals surface area contributed by atoms with Crippen molar-refractivity contribution in [2.24, 2.45) is 11.8 Å². The van der Waals surface area contributed by atoms with Crippen molar-refractivity contribution in [1.29, 1.82) is 0 Å². The number of anilines is 1. The van der Waals surface area contributed by atoms with E-state index in [0.717, 1.165) is 32.7 Å². The third-order valence-electron chi connectivity index (χ3n) is 3.00. The number of aromatic nitrogens is 1. The molecule has 2 heterocycles. The highest BCUT2D eigenvalue weighted by Crippen LogP contribution is 2.19. The third-order valence-corrected chi connectivity index (χ3v) is 3.34. The zero-order chi connectivity index (χ0) is 12.8. The van der Waals surface area contributed by atoms with Crippen LogP contribution in [0.4, 0.5) is 5.82 Å². The van der Waals surface area contributed by atoms with Gasteiger partial charge in [0.1, 0.15) is 5.82 Å². The molecule has 100 valence electrons. The number of ether oxygens (including phenoxy) is 2. The fraction of sp³-hybridized carbons (Fsp3) is 0.583. The summed E-state index contributed by atoms with van der Waals surface area (Å²) in [6, 6.07) is 3.49. The van der Waals surface area contributed by atoms with Crippen LogP contribution in [0.25, 0.3) is 0 Å². The van der Waals surface area contributed by atoms with Crippen LogP contribution in [0, 0.1) is 5.92 Å². The van der Waals surface area contributed by atoms with Gasteiger partial charge >= 0.3 is 0 Å². The van der Waals surface area contributed by atoms with Crippen molar-refractivity contribution in [2.75, 3.05) is 25.2 Å². The van der Waals surface area contributed by atoms with E-state index in [1.165, 1.54) is 0 Å². The van der Waals surface area contributed by atoms with Crippen LogP contribution in [0.3, 0.4) is 0 Å². The van der Waals surface area contributed by atoms with E-state index < -0.39 is 0 Å². The maximum Gasteiger partial charge on any atom is 0.140 e. The molecule has 0 saturated carbocycles. The van der Waals surface area contributed by atoms with Gasteiger partial charge in [-0.15, -0.1) is 0 Å². The lowest BCUT2D eigenvalue weighted by Crippen LogP contribution is -2.20. The van der Waals surface area contributed by atoms with E-state index in [0.29, 0.717) is 29.1 Å². The molecule has 1 aromatic heterocycles. The Morgan fingerprint density at radius 1 is 1.44 bits per heavy atom. The second-order valence-corrected chi connectivity index (χ2v) is 4.75. The summed E-state index contributed by atoms with van der Waals surface area (Å²) in [6.45, 7) is 2.80. The molecule has 0 atom stereocenters. The van der Waals surface area contributed by atoms with Gasteiger partial charge in [-0.2, -0.15) is 0 Å². The SMILES string of the molecule is NNc1ccc(Cl)c(COCC2CCOCC2)n1. The molecule has 1 fully saturated rings. The van der Waals surface area contributed by atoms with Crippen LogP contribution in [0.2, 0.25) is 5.02 Å². The summed E-state index contributed by atoms with van der Waals surface area (Å²) in [6.07, 6.45) is 2.12. The predicted octanol–water partition coefficient (Wildman–Crippen LogP) is 1.96. The summed E-state index contributed by atoms with van der Waals surface area (Å²) in [7, 11) is 0. The number of nitrogens with one attached hydrogen (secondary N) is 1. The van der Waals surface area contributed by atoms with Crippen LogP contribution in [0.15, 0.2) is 12.1 Å². The van der Waals surface area contributed by atoms with Gasteiger partial charge in [0.15, 0.2) is 0 Å². The van der Waals surface area contributed by atoms with Crippen LogP contribution in [-0.2, 0) is 16.1 Å². The topological polar surface area (TPSA) is 69.4 Å². The maximum atomic E-state index is 6.04. The normalized spacial score (nSPS) is 16.8. The van der Waals surface area contributed by atoms with Crippen molar-refractivity contribution in [2.45, 2.75) is 19.4 Å². The van der Waals surface area contributed by atoms with Crippen molar-refractivity contribution < 1.29 is 9.47 Å². The molecule has 0 unspecified atom stereocenters. The molecule has 0 aliphatic carbocycles. The molecule has 1 saturated heterocycles. The molecule has 0 bridgehead atoms. The lowest BCUT2D eigenvalue weighted by atomic mass is 10.0. The standard InChI is InChI=1S/C12H18ClN3O2/c13-10-1-2-12(16-14)15-11(10)8-18-7-9-3-5-17-6-4-9/h1-2,9H,3-8,14H2,(H,15,16). The number of rotatable bonds is 5. The van der Waals surface area contributed by atoms with E-state index in [-0.39, 0.29) is 0 Å². The summed E-state index contributed by atoms with van der Waals surface area (Å²) in [5.41, 5.74) is 3.20. The number of nitrogens with two attached hydrogens (primary N) is 1. The van der Waals surface area contributed by atoms with E-state index in [1.54, 1.807) is 12.1 Å². The fourth-order valence-electron chi connectivity index (χ4n) is 1.90. The molecule has 0 aromatic carbocycles. The van der Waals surface area contributed by atoms with Crippen LogP contribution in [0.1, 0.15) is 18.5 Å². The minimum absolute atomic E-state index is 0.408. The van der Waals surface area contributed by atoms with Gasteiger partial charge in [0.25, 0.3) is 0 Å². The minimum atomic E-state index is 0.408. The molecule has 1 aliphatic heterocycles. The molecule has 0 radical (unpaired) electrons. The van der Waals surface area contributed by atoms with E-state index in [2.05, 4.69) is 10.4 Å². The summed E-state index contributed by atoms with van der Waals surface area (Å²) in [5.74, 6) is 6.47. The Balaban J connectivity index is 1.81. The summed E-state index contributed by atoms with van der Waals surface area (Å²) in [4.78, 5) is 4.26. The van der Waals surface area contributed by atoms with Crippen molar-refractivity contribution >= 4 is 17.4 Å². The van der Waals surface area contributed by atoms with Crippen LogP contribution in [-0.4, -0.2) is 24.8 Å². The second kappa shape index (κ2) is 6.89. The lowest BCUT2D eigenvalue weighted by Gasteiger charge is -2.21. The lowest BCUT2D eigenvalue weighted by molar-refractivity contribution is 0.0150. The number of hydrogen-bond acceptors (Lipinski definition) is 5. The van der Waals surface area contributed by atoms with E-state index in [1.807, 2.05) is 0 Å².